The van der Waals surface area contributed by atoms with Crippen molar-refractivity contribution in [1.29, 1.82) is 0 Å². The molecule has 0 radical (unpaired) electrons. The number of hydrogen-bond acceptors (Lipinski definition) is 5. The van der Waals surface area contributed by atoms with Crippen LogP contribution in [0.1, 0.15) is 19.4 Å². The SMILES string of the molecule is Cc1c(Cl)cccc1Nc1ccnc(Nc2ccc(OC(C)C)cc2)n1. The number of benzene rings is 2. The molecule has 0 aliphatic rings. The van der Waals surface area contributed by atoms with E-state index in [4.69, 9.17) is 16.3 Å². The summed E-state index contributed by atoms with van der Waals surface area (Å²) in [5.41, 5.74) is 2.78. The molecule has 0 unspecified atom stereocenters. The zero-order chi connectivity index (χ0) is 18.5. The summed E-state index contributed by atoms with van der Waals surface area (Å²) in [5.74, 6) is 2.03. The lowest BCUT2D eigenvalue weighted by atomic mass is 10.2. The topological polar surface area (TPSA) is 59.1 Å². The highest BCUT2D eigenvalue weighted by atomic mass is 35.5. The molecule has 0 saturated carbocycles. The first-order valence-electron chi connectivity index (χ1n) is 8.40. The first kappa shape index (κ1) is 18.0. The van der Waals surface area contributed by atoms with Crippen LogP contribution in [-0.4, -0.2) is 16.1 Å². The van der Waals surface area contributed by atoms with Gasteiger partial charge in [-0.1, -0.05) is 17.7 Å². The average molecular weight is 369 g/mol. The molecular weight excluding hydrogens is 348 g/mol. The molecule has 0 spiro atoms. The third-order valence-corrected chi connectivity index (χ3v) is 4.08. The van der Waals surface area contributed by atoms with E-state index >= 15 is 0 Å². The van der Waals surface area contributed by atoms with Gasteiger partial charge in [-0.05, 0) is 68.8 Å². The summed E-state index contributed by atoms with van der Waals surface area (Å²) in [6.07, 6.45) is 1.85. The maximum Gasteiger partial charge on any atom is 0.229 e. The Morgan fingerprint density at radius 3 is 2.50 bits per heavy atom. The van der Waals surface area contributed by atoms with E-state index in [-0.39, 0.29) is 6.10 Å². The Bertz CT molecular complexity index is 881. The van der Waals surface area contributed by atoms with Crippen molar-refractivity contribution in [2.24, 2.45) is 0 Å². The molecule has 0 bridgehead atoms. The van der Waals surface area contributed by atoms with E-state index in [1.54, 1.807) is 6.20 Å². The van der Waals surface area contributed by atoms with Crippen molar-refractivity contribution >= 4 is 34.7 Å². The van der Waals surface area contributed by atoms with Gasteiger partial charge in [0.25, 0.3) is 0 Å². The molecule has 5 nitrogen and oxygen atoms in total. The lowest BCUT2D eigenvalue weighted by molar-refractivity contribution is 0.242. The minimum Gasteiger partial charge on any atom is -0.491 e. The van der Waals surface area contributed by atoms with Gasteiger partial charge in [0.05, 0.1) is 6.10 Å². The summed E-state index contributed by atoms with van der Waals surface area (Å²) in [7, 11) is 0. The number of nitrogens with one attached hydrogen (secondary N) is 2. The maximum absolute atomic E-state index is 6.17. The van der Waals surface area contributed by atoms with Crippen LogP contribution in [0.15, 0.2) is 54.7 Å². The molecule has 3 rings (SSSR count). The molecule has 0 fully saturated rings. The molecule has 2 N–H and O–H groups in total. The molecule has 134 valence electrons. The number of ether oxygens (including phenoxy) is 1. The Morgan fingerprint density at radius 2 is 1.77 bits per heavy atom. The zero-order valence-corrected chi connectivity index (χ0v) is 15.7. The summed E-state index contributed by atoms with van der Waals surface area (Å²) in [4.78, 5) is 8.76. The van der Waals surface area contributed by atoms with Gasteiger partial charge in [0.2, 0.25) is 5.95 Å². The molecular formula is C20H21ClN4O. The molecule has 0 aliphatic heterocycles. The number of anilines is 4. The van der Waals surface area contributed by atoms with Crippen molar-refractivity contribution in [3.63, 3.8) is 0 Å². The van der Waals surface area contributed by atoms with Crippen LogP contribution in [0.5, 0.6) is 5.75 Å². The Morgan fingerprint density at radius 1 is 1.00 bits per heavy atom. The van der Waals surface area contributed by atoms with Crippen molar-refractivity contribution in [3.05, 3.63) is 65.3 Å². The Hall–Kier alpha value is -2.79. The lowest BCUT2D eigenvalue weighted by Crippen LogP contribution is -2.05. The van der Waals surface area contributed by atoms with Gasteiger partial charge in [-0.3, -0.25) is 0 Å². The standard InChI is InChI=1S/C20H21ClN4O/c1-13(2)26-16-9-7-15(8-10-16)23-20-22-12-11-19(25-20)24-18-6-4-5-17(21)14(18)3/h4-13H,1-3H3,(H2,22,23,24,25). The van der Waals surface area contributed by atoms with Crippen LogP contribution < -0.4 is 15.4 Å². The van der Waals surface area contributed by atoms with Gasteiger partial charge in [-0.2, -0.15) is 4.98 Å². The Kier molecular flexibility index (Phi) is 5.58. The molecule has 0 saturated heterocycles. The van der Waals surface area contributed by atoms with Crippen molar-refractivity contribution < 1.29 is 4.74 Å². The molecule has 1 aromatic heterocycles. The van der Waals surface area contributed by atoms with E-state index in [1.165, 1.54) is 0 Å². The van der Waals surface area contributed by atoms with Gasteiger partial charge in [-0.15, -0.1) is 0 Å². The quantitative estimate of drug-likeness (QED) is 0.583. The van der Waals surface area contributed by atoms with Gasteiger partial charge in [-0.25, -0.2) is 4.98 Å². The monoisotopic (exact) mass is 368 g/mol. The number of hydrogen-bond donors (Lipinski definition) is 2. The highest BCUT2D eigenvalue weighted by molar-refractivity contribution is 6.31. The molecule has 6 heteroatoms. The van der Waals surface area contributed by atoms with Crippen molar-refractivity contribution in [1.82, 2.24) is 9.97 Å². The summed E-state index contributed by atoms with van der Waals surface area (Å²) < 4.78 is 5.65. The number of nitrogens with zero attached hydrogens (tertiary/aromatic N) is 2. The first-order chi connectivity index (χ1) is 12.5. The Balaban J connectivity index is 1.72. The number of rotatable bonds is 6. The number of aromatic nitrogens is 2. The average Bonchev–Trinajstić information content (AvgIpc) is 2.61. The predicted molar refractivity (Wildman–Crippen MR) is 107 cm³/mol. The zero-order valence-electron chi connectivity index (χ0n) is 15.0. The molecule has 3 aromatic rings. The second kappa shape index (κ2) is 8.06. The molecule has 1 heterocycles. The molecule has 0 atom stereocenters. The van der Waals surface area contributed by atoms with E-state index in [1.807, 2.05) is 69.3 Å². The van der Waals surface area contributed by atoms with Crippen molar-refractivity contribution in [2.45, 2.75) is 26.9 Å². The lowest BCUT2D eigenvalue weighted by Gasteiger charge is -2.12. The van der Waals surface area contributed by atoms with E-state index in [0.717, 1.165) is 22.7 Å². The fourth-order valence-electron chi connectivity index (χ4n) is 2.39. The highest BCUT2D eigenvalue weighted by Crippen LogP contribution is 2.26. The third-order valence-electron chi connectivity index (χ3n) is 3.67. The molecule has 26 heavy (non-hydrogen) atoms. The minimum absolute atomic E-state index is 0.148. The van der Waals surface area contributed by atoms with E-state index in [0.29, 0.717) is 16.8 Å². The summed E-state index contributed by atoms with van der Waals surface area (Å²) in [5, 5.41) is 7.18. The van der Waals surface area contributed by atoms with E-state index in [9.17, 15) is 0 Å². The largest absolute Gasteiger partial charge is 0.491 e. The van der Waals surface area contributed by atoms with E-state index in [2.05, 4.69) is 20.6 Å². The molecule has 0 aliphatic carbocycles. The van der Waals surface area contributed by atoms with Crippen LogP contribution >= 0.6 is 11.6 Å². The van der Waals surface area contributed by atoms with Gasteiger partial charge in [0.1, 0.15) is 11.6 Å². The van der Waals surface area contributed by atoms with Crippen LogP contribution in [0.3, 0.4) is 0 Å². The minimum atomic E-state index is 0.148. The van der Waals surface area contributed by atoms with Gasteiger partial charge in [0.15, 0.2) is 0 Å². The summed E-state index contributed by atoms with van der Waals surface area (Å²) >= 11 is 6.17. The fourth-order valence-corrected chi connectivity index (χ4v) is 2.56. The second-order valence-corrected chi connectivity index (χ2v) is 6.53. The van der Waals surface area contributed by atoms with Crippen LogP contribution in [0.25, 0.3) is 0 Å². The van der Waals surface area contributed by atoms with Crippen LogP contribution in [0, 0.1) is 6.92 Å². The highest BCUT2D eigenvalue weighted by Gasteiger charge is 2.05. The number of halogens is 1. The van der Waals surface area contributed by atoms with Gasteiger partial charge >= 0.3 is 0 Å². The van der Waals surface area contributed by atoms with Gasteiger partial charge in [0, 0.05) is 22.6 Å². The second-order valence-electron chi connectivity index (χ2n) is 6.12. The van der Waals surface area contributed by atoms with Crippen molar-refractivity contribution in [3.8, 4) is 5.75 Å². The van der Waals surface area contributed by atoms with Crippen molar-refractivity contribution in [2.75, 3.05) is 10.6 Å². The third kappa shape index (κ3) is 4.64. The molecule has 2 aromatic carbocycles. The Labute approximate surface area is 158 Å². The summed E-state index contributed by atoms with van der Waals surface area (Å²) in [6, 6.07) is 15.2. The smallest absolute Gasteiger partial charge is 0.229 e. The van der Waals surface area contributed by atoms with Gasteiger partial charge < -0.3 is 15.4 Å². The summed E-state index contributed by atoms with van der Waals surface area (Å²) in [6.45, 7) is 5.96. The van der Waals surface area contributed by atoms with Crippen LogP contribution in [-0.2, 0) is 0 Å². The van der Waals surface area contributed by atoms with Crippen LogP contribution in [0.4, 0.5) is 23.1 Å². The van der Waals surface area contributed by atoms with Crippen LogP contribution in [0.2, 0.25) is 5.02 Å². The maximum atomic E-state index is 6.17. The predicted octanol–water partition coefficient (Wildman–Crippen LogP) is 5.71. The molecule has 0 amide bonds. The van der Waals surface area contributed by atoms with E-state index < -0.39 is 0 Å². The fraction of sp³-hybridized carbons (Fsp3) is 0.200. The normalized spacial score (nSPS) is 10.7. The first-order valence-corrected chi connectivity index (χ1v) is 8.78.